The largest absolute Gasteiger partial charge is 0.393 e. The molecule has 0 bridgehead atoms. The van der Waals surface area contributed by atoms with Crippen molar-refractivity contribution in [1.29, 1.82) is 0 Å². The van der Waals surface area contributed by atoms with Crippen molar-refractivity contribution in [1.82, 2.24) is 0 Å². The number of carbonyl (C=O) groups is 2. The van der Waals surface area contributed by atoms with Crippen LogP contribution in [0.1, 0.15) is 65.7 Å². The number of aliphatic hydroxyl groups is 2. The van der Waals surface area contributed by atoms with Crippen LogP contribution in [0.3, 0.4) is 0 Å². The van der Waals surface area contributed by atoms with Gasteiger partial charge in [0.1, 0.15) is 6.61 Å². The fraction of sp³-hybridized carbons (Fsp3) is 0.818. The van der Waals surface area contributed by atoms with Crippen molar-refractivity contribution in [3.05, 3.63) is 11.6 Å². The van der Waals surface area contributed by atoms with E-state index in [1.807, 2.05) is 13.0 Å². The molecule has 0 aliphatic heterocycles. The lowest BCUT2D eigenvalue weighted by Crippen LogP contribution is -2.59. The molecule has 5 unspecified atom stereocenters. The molecule has 3 saturated carbocycles. The number of ketones is 2. The third-order valence-corrected chi connectivity index (χ3v) is 9.26. The van der Waals surface area contributed by atoms with Crippen LogP contribution in [0.15, 0.2) is 11.6 Å². The van der Waals surface area contributed by atoms with Crippen LogP contribution in [0, 0.1) is 34.0 Å². The van der Waals surface area contributed by atoms with E-state index < -0.39 is 18.1 Å². The predicted molar refractivity (Wildman–Crippen MR) is 98.3 cm³/mol. The van der Waals surface area contributed by atoms with E-state index in [9.17, 15) is 19.8 Å². The molecule has 3 fully saturated rings. The Labute approximate surface area is 156 Å². The van der Waals surface area contributed by atoms with E-state index in [0.717, 1.165) is 32.1 Å². The monoisotopic (exact) mass is 360 g/mol. The van der Waals surface area contributed by atoms with E-state index in [0.29, 0.717) is 24.7 Å². The molecule has 0 aromatic rings. The molecule has 0 amide bonds. The van der Waals surface area contributed by atoms with Crippen molar-refractivity contribution < 1.29 is 19.8 Å². The zero-order valence-corrected chi connectivity index (χ0v) is 16.3. The molecule has 4 aliphatic rings. The lowest BCUT2D eigenvalue weighted by molar-refractivity contribution is -0.160. The number of hydrogen-bond donors (Lipinski definition) is 2. The first-order chi connectivity index (χ1) is 12.2. The van der Waals surface area contributed by atoms with Gasteiger partial charge in [0, 0.05) is 11.8 Å². The van der Waals surface area contributed by atoms with E-state index in [1.54, 1.807) is 0 Å². The maximum absolute atomic E-state index is 12.6. The van der Waals surface area contributed by atoms with E-state index >= 15 is 0 Å². The molecule has 144 valence electrons. The summed E-state index contributed by atoms with van der Waals surface area (Å²) >= 11 is 0. The Hall–Kier alpha value is -1.00. The first-order valence-electron chi connectivity index (χ1n) is 10.2. The van der Waals surface area contributed by atoms with Crippen LogP contribution in [0.4, 0.5) is 0 Å². The van der Waals surface area contributed by atoms with Gasteiger partial charge in [0.2, 0.25) is 0 Å². The third-order valence-electron chi connectivity index (χ3n) is 9.26. The molecule has 0 aromatic heterocycles. The van der Waals surface area contributed by atoms with E-state index in [4.69, 9.17) is 0 Å². The highest BCUT2D eigenvalue weighted by Crippen LogP contribution is 2.69. The molecular weight excluding hydrogens is 328 g/mol. The van der Waals surface area contributed by atoms with Gasteiger partial charge in [-0.3, -0.25) is 9.59 Å². The van der Waals surface area contributed by atoms with Crippen LogP contribution in [-0.2, 0) is 9.59 Å². The summed E-state index contributed by atoms with van der Waals surface area (Å²) in [6, 6.07) is 0. The summed E-state index contributed by atoms with van der Waals surface area (Å²) < 4.78 is 0. The van der Waals surface area contributed by atoms with Crippen LogP contribution >= 0.6 is 0 Å². The van der Waals surface area contributed by atoms with E-state index in [-0.39, 0.29) is 28.3 Å². The van der Waals surface area contributed by atoms with Gasteiger partial charge in [-0.15, -0.1) is 0 Å². The average Bonchev–Trinajstić information content (AvgIpc) is 2.86. The lowest BCUT2D eigenvalue weighted by atomic mass is 9.44. The van der Waals surface area contributed by atoms with Crippen LogP contribution in [-0.4, -0.2) is 34.5 Å². The van der Waals surface area contributed by atoms with Gasteiger partial charge in [-0.05, 0) is 73.2 Å². The Kier molecular flexibility index (Phi) is 4.06. The van der Waals surface area contributed by atoms with E-state index in [2.05, 4.69) is 13.8 Å². The molecule has 4 rings (SSSR count). The zero-order chi connectivity index (χ0) is 18.9. The average molecular weight is 360 g/mol. The fourth-order valence-corrected chi connectivity index (χ4v) is 7.56. The second kappa shape index (κ2) is 5.75. The minimum Gasteiger partial charge on any atom is -0.393 e. The number of aliphatic hydroxyl groups excluding tert-OH is 2. The first-order valence-corrected chi connectivity index (χ1v) is 10.2. The molecule has 0 saturated heterocycles. The van der Waals surface area contributed by atoms with Gasteiger partial charge in [0.25, 0.3) is 0 Å². The molecular formula is C22H32O4. The lowest BCUT2D eigenvalue weighted by Gasteiger charge is -2.61. The minimum atomic E-state index is -0.544. The number of hydrogen-bond acceptors (Lipinski definition) is 4. The predicted octanol–water partition coefficient (Wildman–Crippen LogP) is 3.06. The second-order valence-corrected chi connectivity index (χ2v) is 10.0. The zero-order valence-electron chi connectivity index (χ0n) is 16.3. The molecule has 0 radical (unpaired) electrons. The summed E-state index contributed by atoms with van der Waals surface area (Å²) in [6.07, 6.45) is 7.19. The number of allylic oxidation sites excluding steroid dienone is 1. The van der Waals surface area contributed by atoms with Crippen LogP contribution < -0.4 is 0 Å². The second-order valence-electron chi connectivity index (χ2n) is 10.0. The van der Waals surface area contributed by atoms with Crippen molar-refractivity contribution in [3.8, 4) is 0 Å². The van der Waals surface area contributed by atoms with Crippen LogP contribution in [0.25, 0.3) is 0 Å². The van der Waals surface area contributed by atoms with Crippen molar-refractivity contribution in [2.75, 3.05) is 6.61 Å². The fourth-order valence-electron chi connectivity index (χ4n) is 7.56. The summed E-state index contributed by atoms with van der Waals surface area (Å²) in [5.41, 5.74) is 0.357. The maximum Gasteiger partial charge on any atom is 0.164 e. The number of rotatable bonds is 2. The number of Topliss-reactive ketones (excluding diaryl/α,β-unsaturated/α-hetero) is 1. The molecule has 7 atom stereocenters. The molecule has 0 heterocycles. The first kappa shape index (κ1) is 18.4. The Morgan fingerprint density at radius 3 is 2.62 bits per heavy atom. The maximum atomic E-state index is 12.6. The number of carbonyl (C=O) groups excluding carboxylic acids is 2. The normalized spacial score (nSPS) is 50.5. The van der Waals surface area contributed by atoms with E-state index in [1.165, 1.54) is 5.57 Å². The van der Waals surface area contributed by atoms with Crippen molar-refractivity contribution in [2.24, 2.45) is 34.0 Å². The van der Waals surface area contributed by atoms with Crippen molar-refractivity contribution in [2.45, 2.75) is 71.8 Å². The van der Waals surface area contributed by atoms with Crippen LogP contribution in [0.5, 0.6) is 0 Å². The van der Waals surface area contributed by atoms with Crippen LogP contribution in [0.2, 0.25) is 0 Å². The Balaban J connectivity index is 1.74. The van der Waals surface area contributed by atoms with Gasteiger partial charge in [0.15, 0.2) is 11.6 Å². The molecule has 4 nitrogen and oxygen atoms in total. The number of fused-ring (bicyclic) bond motifs is 5. The Bertz CT molecular complexity index is 682. The SMILES string of the molecule is CC1(C(=O)CO)CCC2C3CCC4=CC(=O)CC[C@]4(C)C3C(O)C[C@@]21C. The Morgan fingerprint density at radius 2 is 1.92 bits per heavy atom. The highest BCUT2D eigenvalue weighted by molar-refractivity contribution is 5.91. The summed E-state index contributed by atoms with van der Waals surface area (Å²) in [5.74, 6) is 1.15. The molecule has 2 N–H and O–H groups in total. The molecule has 4 aliphatic carbocycles. The highest BCUT2D eigenvalue weighted by atomic mass is 16.3. The van der Waals surface area contributed by atoms with Gasteiger partial charge in [-0.2, -0.15) is 0 Å². The molecule has 0 aromatic carbocycles. The molecule has 4 heteroatoms. The van der Waals surface area contributed by atoms with Gasteiger partial charge in [0.05, 0.1) is 6.10 Å². The van der Waals surface area contributed by atoms with Gasteiger partial charge in [-0.25, -0.2) is 0 Å². The summed E-state index contributed by atoms with van der Waals surface area (Å²) in [6.45, 7) is 6.03. The quantitative estimate of drug-likeness (QED) is 0.794. The van der Waals surface area contributed by atoms with Gasteiger partial charge >= 0.3 is 0 Å². The van der Waals surface area contributed by atoms with Crippen molar-refractivity contribution >= 4 is 11.6 Å². The molecule has 26 heavy (non-hydrogen) atoms. The van der Waals surface area contributed by atoms with Gasteiger partial charge < -0.3 is 10.2 Å². The third kappa shape index (κ3) is 2.15. The smallest absolute Gasteiger partial charge is 0.164 e. The Morgan fingerprint density at radius 1 is 1.19 bits per heavy atom. The minimum absolute atomic E-state index is 0.0704. The summed E-state index contributed by atoms with van der Waals surface area (Å²) in [7, 11) is 0. The molecule has 0 spiro atoms. The summed E-state index contributed by atoms with van der Waals surface area (Å²) in [5, 5.41) is 20.8. The van der Waals surface area contributed by atoms with Crippen molar-refractivity contribution in [3.63, 3.8) is 0 Å². The van der Waals surface area contributed by atoms with Gasteiger partial charge in [-0.1, -0.05) is 26.3 Å². The standard InChI is InChI=1S/C22H32O4/c1-20-8-6-14(24)10-13(20)4-5-15-16-7-9-21(2,18(26)12-23)22(16,3)11-17(25)19(15)20/h10,15-17,19,23,25H,4-9,11-12H2,1-3H3/t15?,16?,17?,19?,20-,21?,22-/m0/s1. The summed E-state index contributed by atoms with van der Waals surface area (Å²) in [4.78, 5) is 24.5. The topological polar surface area (TPSA) is 74.6 Å². The highest BCUT2D eigenvalue weighted by Gasteiger charge is 2.66.